The molecule has 3 rings (SSSR count). The first-order valence-electron chi connectivity index (χ1n) is 9.83. The monoisotopic (exact) mass is 422 g/mol. The molecule has 3 aromatic rings. The third-order valence-corrected chi connectivity index (χ3v) is 4.59. The van der Waals surface area contributed by atoms with Gasteiger partial charge in [0.15, 0.2) is 5.78 Å². The van der Waals surface area contributed by atoms with E-state index in [1.165, 1.54) is 14.2 Å². The van der Waals surface area contributed by atoms with Gasteiger partial charge >= 0.3 is 6.01 Å². The lowest BCUT2D eigenvalue weighted by Crippen LogP contribution is -2.29. The minimum Gasteiger partial charge on any atom is -0.481 e. The number of rotatable bonds is 10. The molecule has 0 amide bonds. The van der Waals surface area contributed by atoms with Crippen LogP contribution in [0, 0.1) is 5.41 Å². The fourth-order valence-corrected chi connectivity index (χ4v) is 2.87. The minimum absolute atomic E-state index is 0.00795. The number of hydrogen-bond donors (Lipinski definition) is 0. The molecule has 0 aliphatic rings. The lowest BCUT2D eigenvalue weighted by molar-refractivity contribution is 0.0421. The summed E-state index contributed by atoms with van der Waals surface area (Å²) in [6.07, 6.45) is 0. The van der Waals surface area contributed by atoms with Gasteiger partial charge in [0, 0.05) is 5.56 Å². The number of ether oxygens (including phenoxy) is 4. The van der Waals surface area contributed by atoms with E-state index in [2.05, 4.69) is 9.97 Å². The lowest BCUT2D eigenvalue weighted by atomic mass is 9.85. The van der Waals surface area contributed by atoms with Crippen LogP contribution in [0.15, 0.2) is 60.7 Å². The summed E-state index contributed by atoms with van der Waals surface area (Å²) in [5.41, 5.74) is 0.980. The summed E-state index contributed by atoms with van der Waals surface area (Å²) in [4.78, 5) is 21.2. The molecule has 0 saturated carbocycles. The van der Waals surface area contributed by atoms with Crippen LogP contribution in [0.1, 0.15) is 29.8 Å². The van der Waals surface area contributed by atoms with Gasteiger partial charge < -0.3 is 18.9 Å². The van der Waals surface area contributed by atoms with Gasteiger partial charge in [-0.3, -0.25) is 4.79 Å². The average Bonchev–Trinajstić information content (AvgIpc) is 2.79. The van der Waals surface area contributed by atoms with Crippen molar-refractivity contribution in [2.75, 3.05) is 20.8 Å². The number of carbonyl (C=O) groups is 1. The Morgan fingerprint density at radius 3 is 2.10 bits per heavy atom. The Morgan fingerprint density at radius 1 is 0.903 bits per heavy atom. The first-order valence-corrected chi connectivity index (χ1v) is 9.83. The average molecular weight is 422 g/mol. The zero-order valence-corrected chi connectivity index (χ0v) is 18.1. The minimum atomic E-state index is -0.666. The summed E-state index contributed by atoms with van der Waals surface area (Å²) in [6.45, 7) is 4.53. The molecular formula is C24H26N2O5. The Labute approximate surface area is 182 Å². The van der Waals surface area contributed by atoms with E-state index in [0.717, 1.165) is 5.56 Å². The highest BCUT2D eigenvalue weighted by molar-refractivity contribution is 6.00. The summed E-state index contributed by atoms with van der Waals surface area (Å²) in [5, 5.41) is 0. The highest BCUT2D eigenvalue weighted by Gasteiger charge is 2.29. The molecule has 31 heavy (non-hydrogen) atoms. The van der Waals surface area contributed by atoms with Crippen molar-refractivity contribution in [1.82, 2.24) is 9.97 Å². The summed E-state index contributed by atoms with van der Waals surface area (Å²) < 4.78 is 21.7. The number of methoxy groups -OCH3 is 2. The van der Waals surface area contributed by atoms with E-state index in [1.54, 1.807) is 30.3 Å². The third kappa shape index (κ3) is 6.02. The predicted octanol–water partition coefficient (Wildman–Crippen LogP) is 4.71. The van der Waals surface area contributed by atoms with Gasteiger partial charge in [-0.25, -0.2) is 0 Å². The first-order chi connectivity index (χ1) is 14.9. The molecule has 0 spiro atoms. The van der Waals surface area contributed by atoms with Crippen molar-refractivity contribution in [1.29, 1.82) is 0 Å². The summed E-state index contributed by atoms with van der Waals surface area (Å²) in [5.74, 6) is 1.13. The van der Waals surface area contributed by atoms with Crippen molar-refractivity contribution in [3.8, 4) is 23.5 Å². The topological polar surface area (TPSA) is 79.8 Å². The summed E-state index contributed by atoms with van der Waals surface area (Å²) in [6, 6.07) is 18.3. The SMILES string of the molecule is COc1cc(OC)nc(Oc2ccc(C(=O)C(C)(C)COCc3ccccc3)cc2)n1. The molecule has 0 radical (unpaired) electrons. The molecule has 1 heterocycles. The number of carbonyl (C=O) groups excluding carboxylic acids is 1. The van der Waals surface area contributed by atoms with Crippen LogP contribution >= 0.6 is 0 Å². The van der Waals surface area contributed by atoms with Crippen LogP contribution in [-0.4, -0.2) is 36.6 Å². The quantitative estimate of drug-likeness (QED) is 0.438. The fourth-order valence-electron chi connectivity index (χ4n) is 2.87. The molecule has 0 aliphatic heterocycles. The molecule has 0 fully saturated rings. The standard InChI is InChI=1S/C24H26N2O5/c1-24(2,16-30-15-17-8-6-5-7-9-17)22(27)18-10-12-19(13-11-18)31-23-25-20(28-3)14-21(26-23)29-4/h5-14H,15-16H2,1-4H3. The molecule has 2 aromatic carbocycles. The van der Waals surface area contributed by atoms with Crippen molar-refractivity contribution in [3.63, 3.8) is 0 Å². The van der Waals surface area contributed by atoms with Gasteiger partial charge in [-0.05, 0) is 29.8 Å². The number of nitrogens with zero attached hydrogens (tertiary/aromatic N) is 2. The molecule has 7 nitrogen and oxygen atoms in total. The van der Waals surface area contributed by atoms with E-state index in [4.69, 9.17) is 18.9 Å². The van der Waals surface area contributed by atoms with Crippen LogP contribution in [0.3, 0.4) is 0 Å². The van der Waals surface area contributed by atoms with Gasteiger partial charge in [0.1, 0.15) is 5.75 Å². The normalized spacial score (nSPS) is 11.1. The Kier molecular flexibility index (Phi) is 7.20. The molecule has 7 heteroatoms. The predicted molar refractivity (Wildman–Crippen MR) is 116 cm³/mol. The molecular weight excluding hydrogens is 396 g/mol. The maximum absolute atomic E-state index is 13.0. The summed E-state index contributed by atoms with van der Waals surface area (Å²) in [7, 11) is 2.99. The van der Waals surface area contributed by atoms with Gasteiger partial charge in [0.25, 0.3) is 0 Å². The van der Waals surface area contributed by atoms with Gasteiger partial charge in [-0.15, -0.1) is 0 Å². The van der Waals surface area contributed by atoms with Crippen molar-refractivity contribution in [3.05, 3.63) is 71.8 Å². The summed E-state index contributed by atoms with van der Waals surface area (Å²) >= 11 is 0. The van der Waals surface area contributed by atoms with E-state index >= 15 is 0 Å². The Morgan fingerprint density at radius 2 is 1.52 bits per heavy atom. The van der Waals surface area contributed by atoms with Gasteiger partial charge in [-0.2, -0.15) is 9.97 Å². The van der Waals surface area contributed by atoms with Crippen molar-refractivity contribution < 1.29 is 23.7 Å². The first kappa shape index (κ1) is 22.2. The number of aromatic nitrogens is 2. The number of ketones is 1. The van der Waals surface area contributed by atoms with Crippen LogP contribution in [0.2, 0.25) is 0 Å². The smallest absolute Gasteiger partial charge is 0.328 e. The van der Waals surface area contributed by atoms with Crippen molar-refractivity contribution in [2.24, 2.45) is 5.41 Å². The molecule has 1 aromatic heterocycles. The van der Waals surface area contributed by atoms with Crippen LogP contribution in [0.4, 0.5) is 0 Å². The molecule has 0 atom stereocenters. The van der Waals surface area contributed by atoms with E-state index in [-0.39, 0.29) is 11.8 Å². The van der Waals surface area contributed by atoms with Crippen LogP contribution in [0.25, 0.3) is 0 Å². The third-order valence-electron chi connectivity index (χ3n) is 4.59. The van der Waals surface area contributed by atoms with Crippen LogP contribution < -0.4 is 14.2 Å². The van der Waals surface area contributed by atoms with E-state index < -0.39 is 5.41 Å². The lowest BCUT2D eigenvalue weighted by Gasteiger charge is -2.23. The molecule has 0 unspecified atom stereocenters. The van der Waals surface area contributed by atoms with E-state index in [1.807, 2.05) is 44.2 Å². The second-order valence-corrected chi connectivity index (χ2v) is 7.55. The Balaban J connectivity index is 1.62. The zero-order valence-electron chi connectivity index (χ0n) is 18.1. The van der Waals surface area contributed by atoms with E-state index in [9.17, 15) is 4.79 Å². The van der Waals surface area contributed by atoms with Crippen molar-refractivity contribution >= 4 is 5.78 Å². The Hall–Kier alpha value is -3.45. The largest absolute Gasteiger partial charge is 0.481 e. The van der Waals surface area contributed by atoms with Gasteiger partial charge in [-0.1, -0.05) is 44.2 Å². The molecule has 0 bridgehead atoms. The molecule has 162 valence electrons. The molecule has 0 aliphatic carbocycles. The van der Waals surface area contributed by atoms with Crippen LogP contribution in [-0.2, 0) is 11.3 Å². The zero-order chi connectivity index (χ0) is 22.3. The highest BCUT2D eigenvalue weighted by atomic mass is 16.5. The number of hydrogen-bond acceptors (Lipinski definition) is 7. The van der Waals surface area contributed by atoms with Gasteiger partial charge in [0.2, 0.25) is 11.8 Å². The van der Waals surface area contributed by atoms with E-state index in [0.29, 0.717) is 36.3 Å². The van der Waals surface area contributed by atoms with Crippen LogP contribution in [0.5, 0.6) is 23.5 Å². The molecule has 0 N–H and O–H groups in total. The highest BCUT2D eigenvalue weighted by Crippen LogP contribution is 2.27. The second kappa shape index (κ2) is 10.0. The molecule has 0 saturated heterocycles. The number of Topliss-reactive ketones (excluding diaryl/α,β-unsaturated/α-hetero) is 1. The maximum atomic E-state index is 13.0. The van der Waals surface area contributed by atoms with Crippen molar-refractivity contribution in [2.45, 2.75) is 20.5 Å². The second-order valence-electron chi connectivity index (χ2n) is 7.55. The number of benzene rings is 2. The maximum Gasteiger partial charge on any atom is 0.328 e. The Bertz CT molecular complexity index is 982. The fraction of sp³-hybridized carbons (Fsp3) is 0.292. The van der Waals surface area contributed by atoms with Gasteiger partial charge in [0.05, 0.1) is 38.9 Å².